The van der Waals surface area contributed by atoms with Gasteiger partial charge in [-0.25, -0.2) is 9.97 Å². The molecule has 1 aliphatic rings. The van der Waals surface area contributed by atoms with E-state index in [1.807, 2.05) is 18.7 Å². The van der Waals surface area contributed by atoms with Crippen molar-refractivity contribution in [3.05, 3.63) is 12.4 Å². The van der Waals surface area contributed by atoms with Crippen LogP contribution in [0.3, 0.4) is 0 Å². The van der Waals surface area contributed by atoms with Gasteiger partial charge < -0.3 is 16.0 Å². The third-order valence-electron chi connectivity index (χ3n) is 2.80. The maximum atomic E-state index is 11.8. The predicted octanol–water partition coefficient (Wildman–Crippen LogP) is -0.226. The fraction of sp³-hybridized carbons (Fsp3) is 0.500. The molecule has 1 aliphatic heterocycles. The Balaban J connectivity index is 2.36. The third kappa shape index (κ3) is 1.66. The van der Waals surface area contributed by atoms with E-state index in [0.29, 0.717) is 18.2 Å². The number of carbonyl (C=O) groups excluding carboxylic acids is 1. The second-order valence-electron chi connectivity index (χ2n) is 4.27. The Hall–Kier alpha value is -1.85. The Labute approximate surface area is 93.9 Å². The molecule has 1 amide bonds. The molecule has 1 aromatic rings. The zero-order valence-corrected chi connectivity index (χ0v) is 9.40. The number of hydrogen-bond acceptors (Lipinski definition) is 5. The summed E-state index contributed by atoms with van der Waals surface area (Å²) in [5, 5.41) is 2.83. The quantitative estimate of drug-likeness (QED) is 0.684. The summed E-state index contributed by atoms with van der Waals surface area (Å²) in [6.45, 7) is 5.06. The minimum Gasteiger partial charge on any atom is -0.384 e. The van der Waals surface area contributed by atoms with Crippen LogP contribution in [0.25, 0.3) is 0 Å². The van der Waals surface area contributed by atoms with Crippen LogP contribution in [-0.2, 0) is 4.79 Å². The molecule has 2 heterocycles. The first kappa shape index (κ1) is 10.7. The Bertz CT molecular complexity index is 417. The standard InChI is InChI=1S/C10H15N5O/c1-10(2)9(16)12-3-4-15(10)8-5-7(11)13-6-14-8/h5-6H,3-4H2,1-2H3,(H,12,16)(H2,11,13,14). The maximum absolute atomic E-state index is 11.8. The SMILES string of the molecule is CC1(C)C(=O)NCCN1c1cc(N)ncn1. The number of piperazine rings is 1. The van der Waals surface area contributed by atoms with Gasteiger partial charge in [0.25, 0.3) is 0 Å². The van der Waals surface area contributed by atoms with Crippen molar-refractivity contribution in [2.24, 2.45) is 0 Å². The van der Waals surface area contributed by atoms with Gasteiger partial charge in [-0.15, -0.1) is 0 Å². The highest BCUT2D eigenvalue weighted by Gasteiger charge is 2.38. The smallest absolute Gasteiger partial charge is 0.245 e. The molecule has 0 aromatic carbocycles. The number of aromatic nitrogens is 2. The van der Waals surface area contributed by atoms with E-state index in [9.17, 15) is 4.79 Å². The highest BCUT2D eigenvalue weighted by Crippen LogP contribution is 2.24. The lowest BCUT2D eigenvalue weighted by atomic mass is 9.99. The van der Waals surface area contributed by atoms with Crippen LogP contribution in [0.4, 0.5) is 11.6 Å². The van der Waals surface area contributed by atoms with E-state index in [1.165, 1.54) is 6.33 Å². The molecule has 1 aromatic heterocycles. The highest BCUT2D eigenvalue weighted by molar-refractivity contribution is 5.90. The number of hydrogen-bond donors (Lipinski definition) is 2. The van der Waals surface area contributed by atoms with Crippen LogP contribution in [0.1, 0.15) is 13.8 Å². The number of nitrogens with zero attached hydrogens (tertiary/aromatic N) is 3. The van der Waals surface area contributed by atoms with Crippen molar-refractivity contribution in [2.75, 3.05) is 23.7 Å². The van der Waals surface area contributed by atoms with Crippen LogP contribution in [0.2, 0.25) is 0 Å². The van der Waals surface area contributed by atoms with Crippen molar-refractivity contribution in [3.63, 3.8) is 0 Å². The van der Waals surface area contributed by atoms with Crippen LogP contribution < -0.4 is 16.0 Å². The van der Waals surface area contributed by atoms with Gasteiger partial charge in [-0.1, -0.05) is 0 Å². The summed E-state index contributed by atoms with van der Waals surface area (Å²) in [6.07, 6.45) is 1.41. The maximum Gasteiger partial charge on any atom is 0.245 e. The fourth-order valence-corrected chi connectivity index (χ4v) is 1.81. The topological polar surface area (TPSA) is 84.1 Å². The first-order chi connectivity index (χ1) is 7.51. The lowest BCUT2D eigenvalue weighted by Crippen LogP contribution is -2.62. The van der Waals surface area contributed by atoms with Gasteiger partial charge in [-0.3, -0.25) is 4.79 Å². The van der Waals surface area contributed by atoms with Crippen LogP contribution >= 0.6 is 0 Å². The summed E-state index contributed by atoms with van der Waals surface area (Å²) in [6, 6.07) is 1.68. The number of carbonyl (C=O) groups is 1. The Morgan fingerprint density at radius 3 is 2.94 bits per heavy atom. The van der Waals surface area contributed by atoms with Crippen molar-refractivity contribution in [2.45, 2.75) is 19.4 Å². The minimum absolute atomic E-state index is 0.00377. The van der Waals surface area contributed by atoms with E-state index in [2.05, 4.69) is 15.3 Å². The largest absolute Gasteiger partial charge is 0.384 e. The first-order valence-corrected chi connectivity index (χ1v) is 5.15. The van der Waals surface area contributed by atoms with Gasteiger partial charge >= 0.3 is 0 Å². The molecular weight excluding hydrogens is 206 g/mol. The molecule has 16 heavy (non-hydrogen) atoms. The molecule has 0 atom stereocenters. The Kier molecular flexibility index (Phi) is 2.41. The molecule has 0 saturated carbocycles. The Morgan fingerprint density at radius 1 is 1.50 bits per heavy atom. The van der Waals surface area contributed by atoms with Crippen molar-refractivity contribution >= 4 is 17.5 Å². The normalized spacial score (nSPS) is 19.4. The number of nitrogens with two attached hydrogens (primary N) is 1. The van der Waals surface area contributed by atoms with Crippen LogP contribution in [-0.4, -0.2) is 34.5 Å². The molecule has 6 nitrogen and oxygen atoms in total. The van der Waals surface area contributed by atoms with Gasteiger partial charge in [0, 0.05) is 19.2 Å². The Morgan fingerprint density at radius 2 is 2.25 bits per heavy atom. The molecule has 1 fully saturated rings. The average Bonchev–Trinajstić information content (AvgIpc) is 2.22. The van der Waals surface area contributed by atoms with E-state index in [-0.39, 0.29) is 5.91 Å². The summed E-state index contributed by atoms with van der Waals surface area (Å²) in [4.78, 5) is 21.7. The number of nitrogens with one attached hydrogen (secondary N) is 1. The summed E-state index contributed by atoms with van der Waals surface area (Å²) in [5.41, 5.74) is 5.00. The number of amides is 1. The van der Waals surface area contributed by atoms with Gasteiger partial charge in [-0.2, -0.15) is 0 Å². The van der Waals surface area contributed by atoms with Gasteiger partial charge in [0.1, 0.15) is 23.5 Å². The molecule has 1 saturated heterocycles. The van der Waals surface area contributed by atoms with Gasteiger partial charge in [-0.05, 0) is 13.8 Å². The van der Waals surface area contributed by atoms with E-state index < -0.39 is 5.54 Å². The second kappa shape index (κ2) is 3.62. The summed E-state index contributed by atoms with van der Waals surface area (Å²) in [5.74, 6) is 1.09. The number of rotatable bonds is 1. The fourth-order valence-electron chi connectivity index (χ4n) is 1.81. The van der Waals surface area contributed by atoms with E-state index >= 15 is 0 Å². The first-order valence-electron chi connectivity index (χ1n) is 5.15. The molecular formula is C10H15N5O. The molecule has 3 N–H and O–H groups in total. The molecule has 0 aliphatic carbocycles. The van der Waals surface area contributed by atoms with Gasteiger partial charge in [0.2, 0.25) is 5.91 Å². The molecule has 0 radical (unpaired) electrons. The van der Waals surface area contributed by atoms with Crippen LogP contribution in [0.15, 0.2) is 12.4 Å². The molecule has 6 heteroatoms. The van der Waals surface area contributed by atoms with E-state index in [0.717, 1.165) is 6.54 Å². The van der Waals surface area contributed by atoms with Gasteiger partial charge in [0.05, 0.1) is 0 Å². The third-order valence-corrected chi connectivity index (χ3v) is 2.80. The monoisotopic (exact) mass is 221 g/mol. The zero-order valence-electron chi connectivity index (χ0n) is 9.40. The van der Waals surface area contributed by atoms with Crippen LogP contribution in [0, 0.1) is 0 Å². The molecule has 0 bridgehead atoms. The molecule has 86 valence electrons. The summed E-state index contributed by atoms with van der Waals surface area (Å²) < 4.78 is 0. The van der Waals surface area contributed by atoms with Crippen molar-refractivity contribution in [3.8, 4) is 0 Å². The molecule has 2 rings (SSSR count). The minimum atomic E-state index is -0.612. The summed E-state index contributed by atoms with van der Waals surface area (Å²) in [7, 11) is 0. The van der Waals surface area contributed by atoms with Crippen LogP contribution in [0.5, 0.6) is 0 Å². The van der Waals surface area contributed by atoms with Crippen molar-refractivity contribution < 1.29 is 4.79 Å². The highest BCUT2D eigenvalue weighted by atomic mass is 16.2. The number of nitrogen functional groups attached to an aromatic ring is 1. The zero-order chi connectivity index (χ0) is 11.8. The van der Waals surface area contributed by atoms with E-state index in [4.69, 9.17) is 5.73 Å². The van der Waals surface area contributed by atoms with E-state index in [1.54, 1.807) is 6.07 Å². The lowest BCUT2D eigenvalue weighted by Gasteiger charge is -2.41. The van der Waals surface area contributed by atoms with Crippen molar-refractivity contribution in [1.82, 2.24) is 15.3 Å². The average molecular weight is 221 g/mol. The molecule has 0 unspecified atom stereocenters. The van der Waals surface area contributed by atoms with Crippen molar-refractivity contribution in [1.29, 1.82) is 0 Å². The predicted molar refractivity (Wildman–Crippen MR) is 60.9 cm³/mol. The lowest BCUT2D eigenvalue weighted by molar-refractivity contribution is -0.126. The van der Waals surface area contributed by atoms with Gasteiger partial charge in [0.15, 0.2) is 0 Å². The molecule has 0 spiro atoms. The number of anilines is 2. The second-order valence-corrected chi connectivity index (χ2v) is 4.27. The summed E-state index contributed by atoms with van der Waals surface area (Å²) >= 11 is 0.